The van der Waals surface area contributed by atoms with Gasteiger partial charge in [-0.15, -0.1) is 0 Å². The SMILES string of the molecule is CCOC(=O)c1cnc2c(c1)CNC(=O)C2C. The lowest BCUT2D eigenvalue weighted by atomic mass is 9.96. The summed E-state index contributed by atoms with van der Waals surface area (Å²) in [6.07, 6.45) is 1.46. The molecule has 1 atom stereocenters. The summed E-state index contributed by atoms with van der Waals surface area (Å²) in [6.45, 7) is 4.30. The Morgan fingerprint density at radius 2 is 2.41 bits per heavy atom. The first kappa shape index (κ1) is 11.6. The van der Waals surface area contributed by atoms with Crippen molar-refractivity contribution in [3.05, 3.63) is 29.1 Å². The molecular weight excluding hydrogens is 220 g/mol. The summed E-state index contributed by atoms with van der Waals surface area (Å²) in [5, 5.41) is 2.76. The number of carbonyl (C=O) groups excluding carboxylic acids is 2. The van der Waals surface area contributed by atoms with Crippen molar-refractivity contribution >= 4 is 11.9 Å². The molecule has 1 unspecified atom stereocenters. The van der Waals surface area contributed by atoms with E-state index in [2.05, 4.69) is 10.3 Å². The highest BCUT2D eigenvalue weighted by molar-refractivity contribution is 5.90. The summed E-state index contributed by atoms with van der Waals surface area (Å²) in [5.41, 5.74) is 2.04. The Labute approximate surface area is 99.2 Å². The van der Waals surface area contributed by atoms with Crippen molar-refractivity contribution in [3.8, 4) is 0 Å². The van der Waals surface area contributed by atoms with Crippen molar-refractivity contribution in [1.82, 2.24) is 10.3 Å². The summed E-state index contributed by atoms with van der Waals surface area (Å²) < 4.78 is 4.90. The van der Waals surface area contributed by atoms with Crippen molar-refractivity contribution in [1.29, 1.82) is 0 Å². The molecule has 0 fully saturated rings. The van der Waals surface area contributed by atoms with E-state index in [4.69, 9.17) is 4.74 Å². The molecule has 2 heterocycles. The third-order valence-corrected chi connectivity index (χ3v) is 2.77. The minimum atomic E-state index is -0.382. The number of fused-ring (bicyclic) bond motifs is 1. The Morgan fingerprint density at radius 3 is 3.12 bits per heavy atom. The molecule has 0 aromatic carbocycles. The molecule has 1 amide bonds. The number of amides is 1. The van der Waals surface area contributed by atoms with Gasteiger partial charge in [-0.2, -0.15) is 0 Å². The van der Waals surface area contributed by atoms with E-state index in [1.54, 1.807) is 19.9 Å². The Balaban J connectivity index is 2.32. The van der Waals surface area contributed by atoms with E-state index in [-0.39, 0.29) is 17.8 Å². The van der Waals surface area contributed by atoms with Gasteiger partial charge in [0.25, 0.3) is 0 Å². The molecule has 1 aliphatic heterocycles. The molecule has 1 aliphatic rings. The molecule has 2 rings (SSSR count). The van der Waals surface area contributed by atoms with Crippen LogP contribution in [0.4, 0.5) is 0 Å². The molecule has 90 valence electrons. The molecular formula is C12H14N2O3. The molecule has 1 aromatic rings. The van der Waals surface area contributed by atoms with E-state index in [0.29, 0.717) is 18.7 Å². The summed E-state index contributed by atoms with van der Waals surface area (Å²) in [5.74, 6) is -0.684. The molecule has 0 saturated heterocycles. The van der Waals surface area contributed by atoms with E-state index in [1.165, 1.54) is 6.20 Å². The number of carbonyl (C=O) groups is 2. The van der Waals surface area contributed by atoms with E-state index in [9.17, 15) is 9.59 Å². The largest absolute Gasteiger partial charge is 0.462 e. The van der Waals surface area contributed by atoms with Gasteiger partial charge in [-0.05, 0) is 25.5 Å². The van der Waals surface area contributed by atoms with Crippen molar-refractivity contribution in [2.45, 2.75) is 26.3 Å². The quantitative estimate of drug-likeness (QED) is 0.775. The van der Waals surface area contributed by atoms with Crippen LogP contribution in [0.5, 0.6) is 0 Å². The van der Waals surface area contributed by atoms with Gasteiger partial charge in [0.15, 0.2) is 0 Å². The number of pyridine rings is 1. The van der Waals surface area contributed by atoms with Gasteiger partial charge in [0.2, 0.25) is 5.91 Å². The van der Waals surface area contributed by atoms with Gasteiger partial charge in [-0.3, -0.25) is 9.78 Å². The third-order valence-electron chi connectivity index (χ3n) is 2.77. The van der Waals surface area contributed by atoms with E-state index < -0.39 is 0 Å². The number of esters is 1. The average molecular weight is 234 g/mol. The fourth-order valence-corrected chi connectivity index (χ4v) is 1.84. The van der Waals surface area contributed by atoms with Gasteiger partial charge in [-0.25, -0.2) is 4.79 Å². The fourth-order valence-electron chi connectivity index (χ4n) is 1.84. The molecule has 17 heavy (non-hydrogen) atoms. The highest BCUT2D eigenvalue weighted by Crippen LogP contribution is 2.23. The van der Waals surface area contributed by atoms with Gasteiger partial charge >= 0.3 is 5.97 Å². The topological polar surface area (TPSA) is 68.3 Å². The Hall–Kier alpha value is -1.91. The number of hydrogen-bond acceptors (Lipinski definition) is 4. The summed E-state index contributed by atoms with van der Waals surface area (Å²) in [4.78, 5) is 27.2. The fraction of sp³-hybridized carbons (Fsp3) is 0.417. The van der Waals surface area contributed by atoms with Crippen LogP contribution in [0.15, 0.2) is 12.3 Å². The molecule has 1 N–H and O–H groups in total. The van der Waals surface area contributed by atoms with Crippen LogP contribution in [-0.4, -0.2) is 23.5 Å². The molecule has 5 heteroatoms. The normalized spacial score (nSPS) is 18.2. The van der Waals surface area contributed by atoms with Crippen LogP contribution in [0.2, 0.25) is 0 Å². The second kappa shape index (κ2) is 4.53. The summed E-state index contributed by atoms with van der Waals surface area (Å²) in [6, 6.07) is 1.73. The highest BCUT2D eigenvalue weighted by Gasteiger charge is 2.25. The Morgan fingerprint density at radius 1 is 1.65 bits per heavy atom. The lowest BCUT2D eigenvalue weighted by Gasteiger charge is -2.21. The van der Waals surface area contributed by atoms with E-state index in [1.807, 2.05) is 0 Å². The molecule has 5 nitrogen and oxygen atoms in total. The first-order valence-electron chi connectivity index (χ1n) is 5.57. The van der Waals surface area contributed by atoms with Crippen molar-refractivity contribution in [2.75, 3.05) is 6.61 Å². The third kappa shape index (κ3) is 2.13. The number of hydrogen-bond donors (Lipinski definition) is 1. The first-order chi connectivity index (χ1) is 8.13. The summed E-state index contributed by atoms with van der Waals surface area (Å²) >= 11 is 0. The number of rotatable bonds is 2. The molecule has 0 radical (unpaired) electrons. The molecule has 0 aliphatic carbocycles. The van der Waals surface area contributed by atoms with Gasteiger partial charge < -0.3 is 10.1 Å². The van der Waals surface area contributed by atoms with E-state index in [0.717, 1.165) is 11.3 Å². The highest BCUT2D eigenvalue weighted by atomic mass is 16.5. The maximum Gasteiger partial charge on any atom is 0.339 e. The second-order valence-electron chi connectivity index (χ2n) is 3.93. The van der Waals surface area contributed by atoms with Crippen LogP contribution in [0.1, 0.15) is 41.4 Å². The standard InChI is InChI=1S/C12H14N2O3/c1-3-17-12(16)9-4-8-5-14-11(15)7(2)10(8)13-6-9/h4,6-7H,3,5H2,1-2H3,(H,14,15). The maximum atomic E-state index is 11.5. The lowest BCUT2D eigenvalue weighted by molar-refractivity contribution is -0.122. The van der Waals surface area contributed by atoms with Crippen LogP contribution in [-0.2, 0) is 16.1 Å². The van der Waals surface area contributed by atoms with Gasteiger partial charge in [0.05, 0.1) is 23.8 Å². The summed E-state index contributed by atoms with van der Waals surface area (Å²) in [7, 11) is 0. The number of nitrogens with zero attached hydrogens (tertiary/aromatic N) is 1. The number of aromatic nitrogens is 1. The lowest BCUT2D eigenvalue weighted by Crippen LogP contribution is -2.34. The zero-order chi connectivity index (χ0) is 12.4. The van der Waals surface area contributed by atoms with Gasteiger partial charge in [-0.1, -0.05) is 0 Å². The van der Waals surface area contributed by atoms with Crippen molar-refractivity contribution in [2.24, 2.45) is 0 Å². The minimum absolute atomic E-state index is 0.0334. The molecule has 1 aromatic heterocycles. The second-order valence-corrected chi connectivity index (χ2v) is 3.93. The van der Waals surface area contributed by atoms with Crippen LogP contribution < -0.4 is 5.32 Å². The van der Waals surface area contributed by atoms with Gasteiger partial charge in [0, 0.05) is 12.7 Å². The maximum absolute atomic E-state index is 11.5. The predicted molar refractivity (Wildman–Crippen MR) is 60.5 cm³/mol. The first-order valence-corrected chi connectivity index (χ1v) is 5.57. The van der Waals surface area contributed by atoms with Gasteiger partial charge in [0.1, 0.15) is 0 Å². The smallest absolute Gasteiger partial charge is 0.339 e. The van der Waals surface area contributed by atoms with E-state index >= 15 is 0 Å². The van der Waals surface area contributed by atoms with Crippen molar-refractivity contribution in [3.63, 3.8) is 0 Å². The molecule has 0 bridgehead atoms. The number of ether oxygens (including phenoxy) is 1. The monoisotopic (exact) mass is 234 g/mol. The van der Waals surface area contributed by atoms with Crippen LogP contribution in [0.3, 0.4) is 0 Å². The zero-order valence-corrected chi connectivity index (χ0v) is 9.82. The minimum Gasteiger partial charge on any atom is -0.462 e. The average Bonchev–Trinajstić information content (AvgIpc) is 2.34. The number of nitrogens with one attached hydrogen (secondary N) is 1. The van der Waals surface area contributed by atoms with Crippen molar-refractivity contribution < 1.29 is 14.3 Å². The Kier molecular flexibility index (Phi) is 3.08. The van der Waals surface area contributed by atoms with Crippen LogP contribution >= 0.6 is 0 Å². The zero-order valence-electron chi connectivity index (χ0n) is 9.82. The van der Waals surface area contributed by atoms with Crippen LogP contribution in [0, 0.1) is 0 Å². The van der Waals surface area contributed by atoms with Crippen LogP contribution in [0.25, 0.3) is 0 Å². The molecule has 0 spiro atoms. The molecule has 0 saturated carbocycles. The Bertz CT molecular complexity index is 471. The predicted octanol–water partition coefficient (Wildman–Crippen LogP) is 0.992.